The molecule has 0 heterocycles. The minimum atomic E-state index is -0.185. The van der Waals surface area contributed by atoms with Crippen LogP contribution in [0.5, 0.6) is 11.5 Å². The Morgan fingerprint density at radius 2 is 1.76 bits per heavy atom. The Bertz CT molecular complexity index is 575. The fourth-order valence-electron chi connectivity index (χ4n) is 2.35. The molecule has 0 saturated heterocycles. The van der Waals surface area contributed by atoms with Gasteiger partial charge in [0, 0.05) is 20.0 Å². The number of amides is 2. The second-order valence-electron chi connectivity index (χ2n) is 6.06. The summed E-state index contributed by atoms with van der Waals surface area (Å²) >= 11 is 0. The predicted molar refractivity (Wildman–Crippen MR) is 96.8 cm³/mol. The highest BCUT2D eigenvalue weighted by Crippen LogP contribution is 2.27. The van der Waals surface area contributed by atoms with Crippen LogP contribution in [-0.2, 0) is 16.1 Å². The van der Waals surface area contributed by atoms with Crippen molar-refractivity contribution < 1.29 is 19.1 Å². The molecule has 0 fully saturated rings. The number of rotatable bonds is 10. The summed E-state index contributed by atoms with van der Waals surface area (Å²) in [4.78, 5) is 27.4. The van der Waals surface area contributed by atoms with Crippen LogP contribution >= 0.6 is 0 Å². The van der Waals surface area contributed by atoms with Gasteiger partial charge >= 0.3 is 0 Å². The molecule has 0 unspecified atom stereocenters. The van der Waals surface area contributed by atoms with Gasteiger partial charge in [-0.05, 0) is 44.8 Å². The van der Waals surface area contributed by atoms with Crippen molar-refractivity contribution in [2.24, 2.45) is 0 Å². The normalized spacial score (nSPS) is 10.5. The molecule has 1 aromatic rings. The summed E-state index contributed by atoms with van der Waals surface area (Å²) < 4.78 is 10.4. The van der Waals surface area contributed by atoms with Crippen molar-refractivity contribution in [2.45, 2.75) is 19.9 Å². The molecule has 25 heavy (non-hydrogen) atoms. The highest BCUT2D eigenvalue weighted by Gasteiger charge is 2.13. The summed E-state index contributed by atoms with van der Waals surface area (Å²) in [5, 5.41) is 2.83. The van der Waals surface area contributed by atoms with Crippen molar-refractivity contribution in [3.8, 4) is 11.5 Å². The maximum absolute atomic E-state index is 12.1. The van der Waals surface area contributed by atoms with Gasteiger partial charge in [0.1, 0.15) is 0 Å². The number of hydrogen-bond acceptors (Lipinski definition) is 5. The van der Waals surface area contributed by atoms with Crippen LogP contribution in [0.25, 0.3) is 0 Å². The molecule has 0 spiro atoms. The molecule has 2 amide bonds. The van der Waals surface area contributed by atoms with E-state index in [1.807, 2.05) is 26.2 Å². The second kappa shape index (κ2) is 10.6. The zero-order valence-corrected chi connectivity index (χ0v) is 15.8. The molecule has 0 aliphatic rings. The van der Waals surface area contributed by atoms with Crippen LogP contribution in [0.4, 0.5) is 0 Å². The maximum atomic E-state index is 12.1. The quantitative estimate of drug-likeness (QED) is 0.684. The predicted octanol–water partition coefficient (Wildman–Crippen LogP) is 1.12. The zero-order valence-electron chi connectivity index (χ0n) is 15.8. The Morgan fingerprint density at radius 1 is 1.08 bits per heavy atom. The Balaban J connectivity index is 2.53. The summed E-state index contributed by atoms with van der Waals surface area (Å²) in [6, 6.07) is 5.48. The SMILES string of the molecule is COc1ccc(CNC(=O)CN(CCCN(C)C)C(C)=O)cc1OC. The molecule has 0 bridgehead atoms. The minimum Gasteiger partial charge on any atom is -0.493 e. The van der Waals surface area contributed by atoms with Crippen molar-refractivity contribution in [3.63, 3.8) is 0 Å². The zero-order chi connectivity index (χ0) is 18.8. The molecule has 0 radical (unpaired) electrons. The topological polar surface area (TPSA) is 71.1 Å². The summed E-state index contributed by atoms with van der Waals surface area (Å²) in [5.41, 5.74) is 0.896. The molecule has 140 valence electrons. The Labute approximate surface area is 149 Å². The summed E-state index contributed by atoms with van der Waals surface area (Å²) in [5.74, 6) is 0.972. The van der Waals surface area contributed by atoms with Crippen LogP contribution in [0, 0.1) is 0 Å². The van der Waals surface area contributed by atoms with E-state index in [2.05, 4.69) is 10.2 Å². The Morgan fingerprint density at radius 3 is 2.32 bits per heavy atom. The molecule has 7 heteroatoms. The average molecular weight is 351 g/mol. The molecule has 0 atom stereocenters. The van der Waals surface area contributed by atoms with Crippen LogP contribution in [0.2, 0.25) is 0 Å². The first-order valence-corrected chi connectivity index (χ1v) is 8.25. The molecule has 7 nitrogen and oxygen atoms in total. The van der Waals surface area contributed by atoms with E-state index in [-0.39, 0.29) is 18.4 Å². The lowest BCUT2D eigenvalue weighted by atomic mass is 10.2. The van der Waals surface area contributed by atoms with Gasteiger partial charge in [-0.25, -0.2) is 0 Å². The first-order valence-electron chi connectivity index (χ1n) is 8.25. The van der Waals surface area contributed by atoms with E-state index in [1.165, 1.54) is 6.92 Å². The Hall–Kier alpha value is -2.28. The molecule has 0 saturated carbocycles. The molecule has 1 aromatic carbocycles. The highest BCUT2D eigenvalue weighted by molar-refractivity contribution is 5.83. The molecule has 0 aromatic heterocycles. The maximum Gasteiger partial charge on any atom is 0.239 e. The highest BCUT2D eigenvalue weighted by atomic mass is 16.5. The number of carbonyl (C=O) groups is 2. The Kier molecular flexibility index (Phi) is 8.77. The van der Waals surface area contributed by atoms with Crippen LogP contribution in [0.3, 0.4) is 0 Å². The monoisotopic (exact) mass is 351 g/mol. The van der Waals surface area contributed by atoms with Gasteiger partial charge in [0.15, 0.2) is 11.5 Å². The van der Waals surface area contributed by atoms with Crippen molar-refractivity contribution in [1.29, 1.82) is 0 Å². The fourth-order valence-corrected chi connectivity index (χ4v) is 2.35. The first kappa shape index (κ1) is 20.8. The van der Waals surface area contributed by atoms with Gasteiger partial charge in [0.2, 0.25) is 11.8 Å². The van der Waals surface area contributed by atoms with Gasteiger partial charge in [0.05, 0.1) is 20.8 Å². The number of carbonyl (C=O) groups excluding carboxylic acids is 2. The van der Waals surface area contributed by atoms with Crippen molar-refractivity contribution in [2.75, 3.05) is 47.9 Å². The van der Waals surface area contributed by atoms with E-state index in [0.29, 0.717) is 24.6 Å². The molecule has 0 aliphatic heterocycles. The van der Waals surface area contributed by atoms with Crippen LogP contribution in [-0.4, -0.2) is 69.6 Å². The van der Waals surface area contributed by atoms with Gasteiger partial charge < -0.3 is 24.6 Å². The lowest BCUT2D eigenvalue weighted by molar-refractivity contribution is -0.134. The van der Waals surface area contributed by atoms with Crippen LogP contribution in [0.1, 0.15) is 18.9 Å². The van der Waals surface area contributed by atoms with Gasteiger partial charge in [0.25, 0.3) is 0 Å². The third-order valence-corrected chi connectivity index (χ3v) is 3.75. The first-order chi connectivity index (χ1) is 11.9. The lowest BCUT2D eigenvalue weighted by Crippen LogP contribution is -2.40. The molecule has 1 rings (SSSR count). The van der Waals surface area contributed by atoms with Crippen molar-refractivity contribution >= 4 is 11.8 Å². The number of ether oxygens (including phenoxy) is 2. The van der Waals surface area contributed by atoms with E-state index in [0.717, 1.165) is 18.5 Å². The van der Waals surface area contributed by atoms with E-state index in [1.54, 1.807) is 25.2 Å². The van der Waals surface area contributed by atoms with Crippen LogP contribution < -0.4 is 14.8 Å². The number of methoxy groups -OCH3 is 2. The fraction of sp³-hybridized carbons (Fsp3) is 0.556. The third kappa shape index (κ3) is 7.43. The molecular weight excluding hydrogens is 322 g/mol. The van der Waals surface area contributed by atoms with Gasteiger partial charge in [-0.15, -0.1) is 0 Å². The summed E-state index contributed by atoms with van der Waals surface area (Å²) in [7, 11) is 7.10. The van der Waals surface area contributed by atoms with Crippen molar-refractivity contribution in [3.05, 3.63) is 23.8 Å². The van der Waals surface area contributed by atoms with E-state index in [4.69, 9.17) is 9.47 Å². The van der Waals surface area contributed by atoms with E-state index >= 15 is 0 Å². The molecule has 1 N–H and O–H groups in total. The minimum absolute atomic E-state index is 0.0655. The number of hydrogen-bond donors (Lipinski definition) is 1. The van der Waals surface area contributed by atoms with Gasteiger partial charge in [-0.1, -0.05) is 6.07 Å². The van der Waals surface area contributed by atoms with Crippen LogP contribution in [0.15, 0.2) is 18.2 Å². The molecular formula is C18H29N3O4. The smallest absolute Gasteiger partial charge is 0.239 e. The summed E-state index contributed by atoms with van der Waals surface area (Å²) in [6.07, 6.45) is 0.829. The number of nitrogens with zero attached hydrogens (tertiary/aromatic N) is 2. The number of nitrogens with one attached hydrogen (secondary N) is 1. The molecule has 0 aliphatic carbocycles. The second-order valence-corrected chi connectivity index (χ2v) is 6.06. The number of benzene rings is 1. The van der Waals surface area contributed by atoms with Crippen molar-refractivity contribution in [1.82, 2.24) is 15.1 Å². The van der Waals surface area contributed by atoms with Gasteiger partial charge in [-0.3, -0.25) is 9.59 Å². The van der Waals surface area contributed by atoms with Gasteiger partial charge in [-0.2, -0.15) is 0 Å². The summed E-state index contributed by atoms with van der Waals surface area (Å²) in [6.45, 7) is 3.35. The average Bonchev–Trinajstić information content (AvgIpc) is 2.58. The lowest BCUT2D eigenvalue weighted by Gasteiger charge is -2.21. The third-order valence-electron chi connectivity index (χ3n) is 3.75. The van der Waals surface area contributed by atoms with E-state index in [9.17, 15) is 9.59 Å². The largest absolute Gasteiger partial charge is 0.493 e. The standard InChI is InChI=1S/C18H29N3O4/c1-14(22)21(10-6-9-20(2)3)13-18(23)19-12-15-7-8-16(24-4)17(11-15)25-5/h7-8,11H,6,9-10,12-13H2,1-5H3,(H,19,23). The van der Waals surface area contributed by atoms with E-state index < -0.39 is 0 Å².